The summed E-state index contributed by atoms with van der Waals surface area (Å²) in [6, 6.07) is 0. The van der Waals surface area contributed by atoms with Crippen molar-refractivity contribution in [3.8, 4) is 0 Å². The third kappa shape index (κ3) is 10.4. The molecule has 0 spiro atoms. The van der Waals surface area contributed by atoms with E-state index in [9.17, 15) is 20.1 Å². The summed E-state index contributed by atoms with van der Waals surface area (Å²) in [6.07, 6.45) is 8.81. The summed E-state index contributed by atoms with van der Waals surface area (Å²) in [5.41, 5.74) is 1.15. The van der Waals surface area contributed by atoms with Gasteiger partial charge in [-0.05, 0) is 57.8 Å². The minimum Gasteiger partial charge on any atom is -0.462 e. The number of esters is 1. The Morgan fingerprint density at radius 3 is 2.55 bits per heavy atom. The zero-order valence-electron chi connectivity index (χ0n) is 18.9. The highest BCUT2D eigenvalue weighted by atomic mass is 16.5. The summed E-state index contributed by atoms with van der Waals surface area (Å²) in [5, 5.41) is 29.7. The number of aliphatic hydroxyl groups excluding tert-OH is 3. The van der Waals surface area contributed by atoms with Gasteiger partial charge in [0.05, 0.1) is 18.3 Å². The van der Waals surface area contributed by atoms with Gasteiger partial charge in [-0.2, -0.15) is 0 Å². The fourth-order valence-electron chi connectivity index (χ4n) is 3.89. The minimum atomic E-state index is -0.570. The minimum absolute atomic E-state index is 0.0385. The molecule has 3 N–H and O–H groups in total. The molecule has 0 saturated heterocycles. The first kappa shape index (κ1) is 25.9. The summed E-state index contributed by atoms with van der Waals surface area (Å²) in [5.74, 6) is 0.116. The summed E-state index contributed by atoms with van der Waals surface area (Å²) in [4.78, 5) is 12.3. The fraction of sp³-hybridized carbons (Fsp3) is 0.792. The van der Waals surface area contributed by atoms with Crippen molar-refractivity contribution in [3.05, 3.63) is 23.8 Å². The number of rotatable bonds is 7. The molecule has 5 nitrogen and oxygen atoms in total. The lowest BCUT2D eigenvalue weighted by molar-refractivity contribution is -0.151. The average molecular weight is 411 g/mol. The topological polar surface area (TPSA) is 87.0 Å². The number of cyclic esters (lactones) is 1. The molecule has 0 aliphatic carbocycles. The van der Waals surface area contributed by atoms with Crippen LogP contribution in [-0.2, 0) is 9.53 Å². The highest BCUT2D eigenvalue weighted by molar-refractivity contribution is 5.69. The second-order valence-electron chi connectivity index (χ2n) is 9.11. The van der Waals surface area contributed by atoms with E-state index < -0.39 is 12.2 Å². The van der Waals surface area contributed by atoms with Gasteiger partial charge in [0.15, 0.2) is 0 Å². The van der Waals surface area contributed by atoms with Gasteiger partial charge in [-0.3, -0.25) is 4.79 Å². The zero-order chi connectivity index (χ0) is 22.0. The standard InChI is InChI=1S/C24H42O5/c1-16(13-18(3)22(27)15-20(5)25)14-19(4)23-11-7-6-9-17(2)21(26)10-8-12-24(28)29-23/h6-7,13,17-23,25-27H,8-12,14-15H2,1-5H3/b7-6-,16-13+/t17-,18+,19-,20+,21-,22+,23+/m0/s1. The summed E-state index contributed by atoms with van der Waals surface area (Å²) in [6.45, 7) is 9.81. The van der Waals surface area contributed by atoms with E-state index in [1.54, 1.807) is 6.92 Å². The molecule has 0 bridgehead atoms. The third-order valence-electron chi connectivity index (χ3n) is 5.88. The van der Waals surface area contributed by atoms with Crippen LogP contribution in [0.25, 0.3) is 0 Å². The summed E-state index contributed by atoms with van der Waals surface area (Å²) < 4.78 is 5.77. The fourth-order valence-corrected chi connectivity index (χ4v) is 3.89. The van der Waals surface area contributed by atoms with Gasteiger partial charge in [0.25, 0.3) is 0 Å². The van der Waals surface area contributed by atoms with Gasteiger partial charge in [-0.1, -0.05) is 44.6 Å². The number of carbonyl (C=O) groups is 1. The van der Waals surface area contributed by atoms with Crippen molar-refractivity contribution in [1.29, 1.82) is 0 Å². The Hall–Kier alpha value is -1.17. The predicted molar refractivity (Wildman–Crippen MR) is 116 cm³/mol. The molecular weight excluding hydrogens is 368 g/mol. The van der Waals surface area contributed by atoms with Crippen LogP contribution in [0.5, 0.6) is 0 Å². The highest BCUT2D eigenvalue weighted by Crippen LogP contribution is 2.24. The van der Waals surface area contributed by atoms with Gasteiger partial charge in [-0.25, -0.2) is 0 Å². The Bertz CT molecular complexity index is 539. The van der Waals surface area contributed by atoms with Crippen LogP contribution in [0.4, 0.5) is 0 Å². The normalized spacial score (nSPS) is 30.3. The predicted octanol–water partition coefficient (Wildman–Crippen LogP) is 4.16. The van der Waals surface area contributed by atoms with Gasteiger partial charge in [0.1, 0.15) is 6.10 Å². The van der Waals surface area contributed by atoms with E-state index in [-0.39, 0.29) is 35.9 Å². The molecule has 1 rings (SSSR count). The molecule has 5 heteroatoms. The van der Waals surface area contributed by atoms with Crippen LogP contribution < -0.4 is 0 Å². The van der Waals surface area contributed by atoms with Gasteiger partial charge in [-0.15, -0.1) is 0 Å². The molecule has 7 atom stereocenters. The number of ether oxygens (including phenoxy) is 1. The van der Waals surface area contributed by atoms with Gasteiger partial charge < -0.3 is 20.1 Å². The van der Waals surface area contributed by atoms with E-state index in [0.29, 0.717) is 32.1 Å². The molecule has 1 aliphatic heterocycles. The number of hydrogen-bond acceptors (Lipinski definition) is 5. The Labute approximate surface area is 176 Å². The van der Waals surface area contributed by atoms with Crippen molar-refractivity contribution in [2.24, 2.45) is 17.8 Å². The highest BCUT2D eigenvalue weighted by Gasteiger charge is 2.23. The van der Waals surface area contributed by atoms with Crippen LogP contribution in [0.15, 0.2) is 23.8 Å². The molecule has 0 fully saturated rings. The van der Waals surface area contributed by atoms with Crippen molar-refractivity contribution < 1.29 is 24.9 Å². The lowest BCUT2D eigenvalue weighted by atomic mass is 9.90. The number of hydrogen-bond donors (Lipinski definition) is 3. The van der Waals surface area contributed by atoms with E-state index in [1.165, 1.54) is 0 Å². The first-order valence-electron chi connectivity index (χ1n) is 11.2. The molecule has 0 radical (unpaired) electrons. The first-order valence-corrected chi connectivity index (χ1v) is 11.2. The van der Waals surface area contributed by atoms with Crippen LogP contribution in [0.2, 0.25) is 0 Å². The van der Waals surface area contributed by atoms with Crippen LogP contribution >= 0.6 is 0 Å². The van der Waals surface area contributed by atoms with Crippen molar-refractivity contribution >= 4 is 5.97 Å². The molecule has 0 saturated carbocycles. The second kappa shape index (κ2) is 13.2. The molecule has 0 amide bonds. The third-order valence-corrected chi connectivity index (χ3v) is 5.88. The molecule has 29 heavy (non-hydrogen) atoms. The van der Waals surface area contributed by atoms with Crippen LogP contribution in [0, 0.1) is 17.8 Å². The monoisotopic (exact) mass is 410 g/mol. The largest absolute Gasteiger partial charge is 0.462 e. The maximum atomic E-state index is 12.3. The Kier molecular flexibility index (Phi) is 11.8. The lowest BCUT2D eigenvalue weighted by Crippen LogP contribution is -2.26. The SMILES string of the molecule is C/C(=C\[C@@H](C)[C@H](O)C[C@@H](C)O)C[C@H](C)[C@H]1C/C=C\C[C@H](C)[C@@H](O)CCCC(=O)O1. The van der Waals surface area contributed by atoms with Crippen molar-refractivity contribution in [2.45, 2.75) is 104 Å². The molecule has 1 aliphatic rings. The Balaban J connectivity index is 2.73. The smallest absolute Gasteiger partial charge is 0.306 e. The maximum absolute atomic E-state index is 12.3. The molecule has 0 aromatic rings. The number of aliphatic hydroxyl groups is 3. The molecule has 1 heterocycles. The van der Waals surface area contributed by atoms with E-state index in [0.717, 1.165) is 18.4 Å². The van der Waals surface area contributed by atoms with Crippen LogP contribution in [0.3, 0.4) is 0 Å². The lowest BCUT2D eigenvalue weighted by Gasteiger charge is -2.25. The first-order chi connectivity index (χ1) is 13.6. The van der Waals surface area contributed by atoms with E-state index in [1.807, 2.05) is 20.8 Å². The summed E-state index contributed by atoms with van der Waals surface area (Å²) >= 11 is 0. The second-order valence-corrected chi connectivity index (χ2v) is 9.11. The van der Waals surface area contributed by atoms with E-state index in [2.05, 4.69) is 25.2 Å². The molecule has 168 valence electrons. The molecule has 0 unspecified atom stereocenters. The van der Waals surface area contributed by atoms with Crippen LogP contribution in [-0.4, -0.2) is 45.7 Å². The van der Waals surface area contributed by atoms with E-state index >= 15 is 0 Å². The van der Waals surface area contributed by atoms with E-state index in [4.69, 9.17) is 4.74 Å². The number of allylic oxidation sites excluding steroid dienone is 2. The molecule has 0 aromatic heterocycles. The van der Waals surface area contributed by atoms with Gasteiger partial charge in [0.2, 0.25) is 0 Å². The molecule has 0 aromatic carbocycles. The Morgan fingerprint density at radius 2 is 1.90 bits per heavy atom. The zero-order valence-corrected chi connectivity index (χ0v) is 18.9. The van der Waals surface area contributed by atoms with Crippen molar-refractivity contribution in [1.82, 2.24) is 0 Å². The maximum Gasteiger partial charge on any atom is 0.306 e. The van der Waals surface area contributed by atoms with Gasteiger partial charge in [0, 0.05) is 18.8 Å². The molecular formula is C24H42O5. The summed E-state index contributed by atoms with van der Waals surface area (Å²) in [7, 11) is 0. The van der Waals surface area contributed by atoms with Gasteiger partial charge >= 0.3 is 5.97 Å². The number of carbonyl (C=O) groups excluding carboxylic acids is 1. The van der Waals surface area contributed by atoms with Crippen LogP contribution in [0.1, 0.15) is 79.6 Å². The average Bonchev–Trinajstić information content (AvgIpc) is 2.61. The van der Waals surface area contributed by atoms with Crippen molar-refractivity contribution in [2.75, 3.05) is 0 Å². The Morgan fingerprint density at radius 1 is 1.24 bits per heavy atom. The van der Waals surface area contributed by atoms with Crippen molar-refractivity contribution in [3.63, 3.8) is 0 Å². The quantitative estimate of drug-likeness (QED) is 0.433.